The number of carbonyl (C=O) groups is 1. The summed E-state index contributed by atoms with van der Waals surface area (Å²) < 4.78 is 9.26. The van der Waals surface area contributed by atoms with Gasteiger partial charge in [-0.1, -0.05) is 35.3 Å². The van der Waals surface area contributed by atoms with Gasteiger partial charge in [-0.15, -0.1) is 0 Å². The zero-order valence-electron chi connectivity index (χ0n) is 9.58. The molecule has 98 valence electrons. The van der Waals surface area contributed by atoms with Crippen molar-refractivity contribution in [3.63, 3.8) is 0 Å². The molecule has 1 saturated carbocycles. The number of ether oxygens (including phenoxy) is 2. The first-order valence-electron chi connectivity index (χ1n) is 5.41. The van der Waals surface area contributed by atoms with E-state index in [1.165, 1.54) is 0 Å². The van der Waals surface area contributed by atoms with Crippen LogP contribution in [0.1, 0.15) is 18.9 Å². The van der Waals surface area contributed by atoms with Crippen molar-refractivity contribution in [2.24, 2.45) is 0 Å². The molecule has 1 fully saturated rings. The summed E-state index contributed by atoms with van der Waals surface area (Å²) in [6.07, 6.45) is 0.315. The fraction of sp³-hybridized carbons (Fsp3) is 0.417. The molecule has 0 spiro atoms. The Hall–Kier alpha value is -0.640. The minimum absolute atomic E-state index is 0.315. The molecule has 1 unspecified atom stereocenters. The molecule has 1 atom stereocenters. The lowest BCUT2D eigenvalue weighted by atomic mass is 10.1. The van der Waals surface area contributed by atoms with Crippen LogP contribution in [0.3, 0.4) is 0 Å². The normalized spacial score (nSPS) is 24.4. The van der Waals surface area contributed by atoms with Crippen LogP contribution in [-0.4, -0.2) is 16.4 Å². The minimum atomic E-state index is -1.13. The van der Waals surface area contributed by atoms with Crippen molar-refractivity contribution >= 4 is 40.2 Å². The summed E-state index contributed by atoms with van der Waals surface area (Å²) in [5.41, 5.74) is -1.28. The Morgan fingerprint density at radius 1 is 1.33 bits per heavy atom. The summed E-state index contributed by atoms with van der Waals surface area (Å²) in [5, 5.41) is 0. The number of benzene rings is 1. The molecule has 3 nitrogen and oxygen atoms in total. The van der Waals surface area contributed by atoms with Crippen molar-refractivity contribution in [1.82, 2.24) is 0 Å². The summed E-state index contributed by atoms with van der Waals surface area (Å²) in [4.78, 5) is 10.9. The molecular weight excluding hydrogens is 298 g/mol. The van der Waals surface area contributed by atoms with E-state index in [1.807, 2.05) is 6.92 Å². The summed E-state index contributed by atoms with van der Waals surface area (Å²) in [5.74, 6) is 0.726. The van der Waals surface area contributed by atoms with E-state index in [1.54, 1.807) is 24.3 Å². The Bertz CT molecular complexity index is 458. The number of alkyl halides is 2. The van der Waals surface area contributed by atoms with Crippen LogP contribution >= 0.6 is 34.8 Å². The highest BCUT2D eigenvalue weighted by atomic mass is 35.5. The molecule has 2 rings (SSSR count). The third-order valence-electron chi connectivity index (χ3n) is 2.82. The molecule has 6 heteroatoms. The molecule has 18 heavy (non-hydrogen) atoms. The van der Waals surface area contributed by atoms with Crippen LogP contribution < -0.4 is 4.74 Å². The number of hydrogen-bond acceptors (Lipinski definition) is 3. The van der Waals surface area contributed by atoms with Gasteiger partial charge >= 0.3 is 5.43 Å². The van der Waals surface area contributed by atoms with E-state index >= 15 is 0 Å². The van der Waals surface area contributed by atoms with Crippen LogP contribution in [0, 0.1) is 0 Å². The molecule has 0 bridgehead atoms. The highest BCUT2D eigenvalue weighted by Gasteiger charge is 2.71. The summed E-state index contributed by atoms with van der Waals surface area (Å²) in [7, 11) is 0. The summed E-state index contributed by atoms with van der Waals surface area (Å²) in [6, 6.07) is 7.06. The van der Waals surface area contributed by atoms with Gasteiger partial charge in [0.2, 0.25) is 0 Å². The predicted octanol–water partition coefficient (Wildman–Crippen LogP) is 4.23. The molecule has 0 N–H and O–H groups in total. The first-order valence-corrected chi connectivity index (χ1v) is 6.54. The predicted molar refractivity (Wildman–Crippen MR) is 70.7 cm³/mol. The zero-order chi connectivity index (χ0) is 13.4. The average molecular weight is 310 g/mol. The third-order valence-corrected chi connectivity index (χ3v) is 3.78. The van der Waals surface area contributed by atoms with E-state index in [9.17, 15) is 4.79 Å². The average Bonchev–Trinajstić information content (AvgIpc) is 2.82. The van der Waals surface area contributed by atoms with Gasteiger partial charge in [-0.3, -0.25) is 0 Å². The summed E-state index contributed by atoms with van der Waals surface area (Å²) in [6.45, 7) is 2.48. The molecule has 0 heterocycles. The Labute approximate surface area is 120 Å². The lowest BCUT2D eigenvalue weighted by Crippen LogP contribution is -2.20. The molecule has 0 amide bonds. The first kappa shape index (κ1) is 13.8. The van der Waals surface area contributed by atoms with Gasteiger partial charge in [0, 0.05) is 18.0 Å². The Kier molecular flexibility index (Phi) is 3.67. The lowest BCUT2D eigenvalue weighted by Gasteiger charge is -2.18. The lowest BCUT2D eigenvalue weighted by molar-refractivity contribution is 0.102. The standard InChI is InChI=1S/C12H11Cl3O3/c1-2-17-9-5-3-8(4-6-9)11(18-10(13)16)7-12(11,14)15/h3-6H,2,7H2,1H3. The fourth-order valence-electron chi connectivity index (χ4n) is 1.88. The number of carbonyl (C=O) groups excluding carboxylic acids is 1. The smallest absolute Gasteiger partial charge is 0.404 e. The van der Waals surface area contributed by atoms with Crippen molar-refractivity contribution in [3.05, 3.63) is 29.8 Å². The molecule has 0 radical (unpaired) electrons. The maximum Gasteiger partial charge on any atom is 0.404 e. The zero-order valence-corrected chi connectivity index (χ0v) is 11.9. The molecule has 0 aliphatic heterocycles. The van der Waals surface area contributed by atoms with Crippen LogP contribution in [0.15, 0.2) is 24.3 Å². The topological polar surface area (TPSA) is 35.5 Å². The second-order valence-corrected chi connectivity index (χ2v) is 5.80. The van der Waals surface area contributed by atoms with Crippen molar-refractivity contribution in [1.29, 1.82) is 0 Å². The molecule has 1 aromatic carbocycles. The Balaban J connectivity index is 2.25. The monoisotopic (exact) mass is 308 g/mol. The quantitative estimate of drug-likeness (QED) is 0.616. The SMILES string of the molecule is CCOc1ccc(C2(OC(=O)Cl)CC2(Cl)Cl)cc1. The third kappa shape index (κ3) is 2.40. The van der Waals surface area contributed by atoms with Crippen molar-refractivity contribution in [2.75, 3.05) is 6.61 Å². The molecule has 1 aromatic rings. The summed E-state index contributed by atoms with van der Waals surface area (Å²) >= 11 is 17.3. The highest BCUT2D eigenvalue weighted by Crippen LogP contribution is 2.65. The van der Waals surface area contributed by atoms with Crippen LogP contribution in [0.4, 0.5) is 4.79 Å². The van der Waals surface area contributed by atoms with Crippen LogP contribution in [-0.2, 0) is 10.3 Å². The van der Waals surface area contributed by atoms with Gasteiger partial charge in [-0.25, -0.2) is 4.79 Å². The van der Waals surface area contributed by atoms with Crippen LogP contribution in [0.5, 0.6) is 5.75 Å². The largest absolute Gasteiger partial charge is 0.494 e. The molecule has 0 aromatic heterocycles. The van der Waals surface area contributed by atoms with Gasteiger partial charge in [0.25, 0.3) is 0 Å². The van der Waals surface area contributed by atoms with Crippen molar-refractivity contribution < 1.29 is 14.3 Å². The van der Waals surface area contributed by atoms with Crippen LogP contribution in [0.25, 0.3) is 0 Å². The van der Waals surface area contributed by atoms with Gasteiger partial charge < -0.3 is 9.47 Å². The highest BCUT2D eigenvalue weighted by molar-refractivity contribution is 6.61. The Morgan fingerprint density at radius 3 is 2.28 bits per heavy atom. The maximum absolute atomic E-state index is 10.9. The first-order chi connectivity index (χ1) is 8.41. The molecule has 1 aliphatic rings. The number of rotatable bonds is 4. The fourth-order valence-corrected chi connectivity index (χ4v) is 2.68. The van der Waals surface area contributed by atoms with Gasteiger partial charge in [-0.2, -0.15) is 0 Å². The Morgan fingerprint density at radius 2 is 1.89 bits per heavy atom. The van der Waals surface area contributed by atoms with Crippen LogP contribution in [0.2, 0.25) is 0 Å². The minimum Gasteiger partial charge on any atom is -0.494 e. The van der Waals surface area contributed by atoms with Gasteiger partial charge in [0.05, 0.1) is 6.61 Å². The van der Waals surface area contributed by atoms with E-state index in [-0.39, 0.29) is 0 Å². The second kappa shape index (κ2) is 4.80. The van der Waals surface area contributed by atoms with Gasteiger partial charge in [0.15, 0.2) is 9.93 Å². The van der Waals surface area contributed by atoms with E-state index in [0.29, 0.717) is 18.6 Å². The maximum atomic E-state index is 10.9. The van der Waals surface area contributed by atoms with E-state index in [0.717, 1.165) is 5.75 Å². The van der Waals surface area contributed by atoms with E-state index in [4.69, 9.17) is 44.3 Å². The molecular formula is C12H11Cl3O3. The van der Waals surface area contributed by atoms with Crippen molar-refractivity contribution in [3.8, 4) is 5.75 Å². The number of halogens is 3. The van der Waals surface area contributed by atoms with Gasteiger partial charge in [0.1, 0.15) is 5.75 Å². The van der Waals surface area contributed by atoms with E-state index in [2.05, 4.69) is 0 Å². The molecule has 1 aliphatic carbocycles. The van der Waals surface area contributed by atoms with E-state index < -0.39 is 15.4 Å². The van der Waals surface area contributed by atoms with Crippen molar-refractivity contribution in [2.45, 2.75) is 23.3 Å². The second-order valence-electron chi connectivity index (χ2n) is 4.01. The molecule has 0 saturated heterocycles. The van der Waals surface area contributed by atoms with Gasteiger partial charge in [-0.05, 0) is 24.6 Å². The number of hydrogen-bond donors (Lipinski definition) is 0.